The third kappa shape index (κ3) is 3.70. The Morgan fingerprint density at radius 2 is 1.88 bits per heavy atom. The summed E-state index contributed by atoms with van der Waals surface area (Å²) in [5.74, 6) is -3.88. The van der Waals surface area contributed by atoms with Gasteiger partial charge in [0.1, 0.15) is 0 Å². The van der Waals surface area contributed by atoms with Crippen LogP contribution in [0.5, 0.6) is 0 Å². The standard InChI is InChI=1S/C8H13NO6S/c1-3-16-4(5(10)11)9-6(12)8(2,15)7(13)14/h4,15H,3H2,1-2H3,(H,9,12)(H,10,11)(H,13,14). The van der Waals surface area contributed by atoms with Gasteiger partial charge in [0.25, 0.3) is 5.91 Å². The summed E-state index contributed by atoms with van der Waals surface area (Å²) in [6, 6.07) is 0. The van der Waals surface area contributed by atoms with E-state index in [2.05, 4.69) is 0 Å². The highest BCUT2D eigenvalue weighted by Crippen LogP contribution is 2.10. The molecular formula is C8H13NO6S. The number of aliphatic hydroxyl groups is 1. The van der Waals surface area contributed by atoms with Gasteiger partial charge in [-0.15, -0.1) is 11.8 Å². The lowest BCUT2D eigenvalue weighted by molar-refractivity contribution is -0.165. The highest BCUT2D eigenvalue weighted by molar-refractivity contribution is 8.00. The molecule has 0 aromatic heterocycles. The molecule has 8 heteroatoms. The molecule has 4 N–H and O–H groups in total. The van der Waals surface area contributed by atoms with Crippen molar-refractivity contribution < 1.29 is 29.7 Å². The van der Waals surface area contributed by atoms with Crippen molar-refractivity contribution in [3.05, 3.63) is 0 Å². The molecule has 0 rings (SSSR count). The fourth-order valence-corrected chi connectivity index (χ4v) is 1.36. The number of carbonyl (C=O) groups is 3. The Bertz CT molecular complexity index is 303. The topological polar surface area (TPSA) is 124 Å². The molecule has 2 unspecified atom stereocenters. The van der Waals surface area contributed by atoms with Gasteiger partial charge < -0.3 is 20.6 Å². The molecule has 0 fully saturated rings. The monoisotopic (exact) mass is 251 g/mol. The van der Waals surface area contributed by atoms with Crippen LogP contribution in [0.1, 0.15) is 13.8 Å². The number of aliphatic carboxylic acids is 2. The van der Waals surface area contributed by atoms with E-state index in [0.717, 1.165) is 18.7 Å². The van der Waals surface area contributed by atoms with Crippen LogP contribution in [0.4, 0.5) is 0 Å². The second-order valence-corrected chi connectivity index (χ2v) is 4.41. The maximum Gasteiger partial charge on any atom is 0.345 e. The third-order valence-corrected chi connectivity index (χ3v) is 2.66. The summed E-state index contributed by atoms with van der Waals surface area (Å²) in [6.45, 7) is 2.46. The van der Waals surface area contributed by atoms with Gasteiger partial charge in [0, 0.05) is 0 Å². The molecule has 2 atom stereocenters. The molecule has 0 aliphatic heterocycles. The van der Waals surface area contributed by atoms with Gasteiger partial charge in [-0.2, -0.15) is 0 Å². The van der Waals surface area contributed by atoms with E-state index in [-0.39, 0.29) is 0 Å². The van der Waals surface area contributed by atoms with E-state index in [0.29, 0.717) is 5.75 Å². The van der Waals surface area contributed by atoms with Crippen molar-refractivity contribution in [2.75, 3.05) is 5.75 Å². The largest absolute Gasteiger partial charge is 0.479 e. The Labute approximate surface area is 95.8 Å². The van der Waals surface area contributed by atoms with E-state index >= 15 is 0 Å². The lowest BCUT2D eigenvalue weighted by atomic mass is 10.1. The molecule has 0 aromatic rings. The Kier molecular flexibility index (Phi) is 5.25. The van der Waals surface area contributed by atoms with Gasteiger partial charge in [-0.3, -0.25) is 4.79 Å². The molecule has 0 heterocycles. The zero-order valence-corrected chi connectivity index (χ0v) is 9.58. The second-order valence-electron chi connectivity index (χ2n) is 3.02. The summed E-state index contributed by atoms with van der Waals surface area (Å²) in [5.41, 5.74) is -2.64. The Hall–Kier alpha value is -1.28. The second kappa shape index (κ2) is 5.71. The summed E-state index contributed by atoms with van der Waals surface area (Å²) < 4.78 is 0. The lowest BCUT2D eigenvalue weighted by Gasteiger charge is -2.20. The van der Waals surface area contributed by atoms with Crippen LogP contribution in [-0.4, -0.2) is 49.9 Å². The molecular weight excluding hydrogens is 238 g/mol. The number of nitrogens with one attached hydrogen (secondary N) is 1. The smallest absolute Gasteiger partial charge is 0.345 e. The van der Waals surface area contributed by atoms with Gasteiger partial charge >= 0.3 is 11.9 Å². The minimum atomic E-state index is -2.64. The summed E-state index contributed by atoms with van der Waals surface area (Å²) in [7, 11) is 0. The normalized spacial score (nSPS) is 15.9. The highest BCUT2D eigenvalue weighted by Gasteiger charge is 2.40. The fourth-order valence-electron chi connectivity index (χ4n) is 0.698. The van der Waals surface area contributed by atoms with E-state index in [1.807, 2.05) is 5.32 Å². The first-order valence-corrected chi connectivity index (χ1v) is 5.39. The van der Waals surface area contributed by atoms with E-state index < -0.39 is 28.8 Å². The molecule has 7 nitrogen and oxygen atoms in total. The number of carboxylic acid groups (broad SMARTS) is 2. The predicted octanol–water partition coefficient (Wildman–Crippen LogP) is -0.898. The van der Waals surface area contributed by atoms with Crippen LogP contribution >= 0.6 is 11.8 Å². The van der Waals surface area contributed by atoms with Crippen molar-refractivity contribution in [3.63, 3.8) is 0 Å². The van der Waals surface area contributed by atoms with Gasteiger partial charge in [-0.05, 0) is 12.7 Å². The number of amides is 1. The molecule has 0 saturated carbocycles. The van der Waals surface area contributed by atoms with Crippen LogP contribution in [-0.2, 0) is 14.4 Å². The number of thioether (sulfide) groups is 1. The maximum absolute atomic E-state index is 11.3. The summed E-state index contributed by atoms with van der Waals surface area (Å²) >= 11 is 0.905. The quantitative estimate of drug-likeness (QED) is 0.356. The molecule has 16 heavy (non-hydrogen) atoms. The van der Waals surface area contributed by atoms with Crippen molar-refractivity contribution in [2.45, 2.75) is 24.8 Å². The van der Waals surface area contributed by atoms with Gasteiger partial charge in [0.05, 0.1) is 0 Å². The van der Waals surface area contributed by atoms with Crippen molar-refractivity contribution in [1.29, 1.82) is 0 Å². The number of carboxylic acids is 2. The molecule has 0 radical (unpaired) electrons. The van der Waals surface area contributed by atoms with Gasteiger partial charge in [-0.1, -0.05) is 6.92 Å². The van der Waals surface area contributed by atoms with Crippen molar-refractivity contribution in [3.8, 4) is 0 Å². The average molecular weight is 251 g/mol. The Morgan fingerprint density at radius 1 is 1.38 bits per heavy atom. The summed E-state index contributed by atoms with van der Waals surface area (Å²) in [6.07, 6.45) is 0. The van der Waals surface area contributed by atoms with E-state index in [1.165, 1.54) is 0 Å². The first-order chi connectivity index (χ1) is 7.23. The van der Waals surface area contributed by atoms with Crippen LogP contribution in [0.3, 0.4) is 0 Å². The van der Waals surface area contributed by atoms with Crippen LogP contribution in [0.15, 0.2) is 0 Å². The summed E-state index contributed by atoms with van der Waals surface area (Å²) in [4.78, 5) is 32.4. The molecule has 0 bridgehead atoms. The Morgan fingerprint density at radius 3 is 2.19 bits per heavy atom. The SMILES string of the molecule is CCSC(NC(=O)C(C)(O)C(=O)O)C(=O)O. The highest BCUT2D eigenvalue weighted by atomic mass is 32.2. The predicted molar refractivity (Wildman–Crippen MR) is 56.0 cm³/mol. The van der Waals surface area contributed by atoms with Gasteiger partial charge in [-0.25, -0.2) is 9.59 Å². The molecule has 92 valence electrons. The average Bonchev–Trinajstić information content (AvgIpc) is 2.16. The number of carbonyl (C=O) groups excluding carboxylic acids is 1. The number of rotatable bonds is 6. The molecule has 1 amide bonds. The minimum absolute atomic E-state index is 0.423. The molecule has 0 aliphatic carbocycles. The maximum atomic E-state index is 11.3. The van der Waals surface area contributed by atoms with E-state index in [4.69, 9.17) is 10.2 Å². The first kappa shape index (κ1) is 14.7. The lowest BCUT2D eigenvalue weighted by Crippen LogP contribution is -2.54. The van der Waals surface area contributed by atoms with Gasteiger partial charge in [0.15, 0.2) is 5.37 Å². The fraction of sp³-hybridized carbons (Fsp3) is 0.625. The summed E-state index contributed by atoms with van der Waals surface area (Å²) in [5, 5.41) is 27.1. The zero-order chi connectivity index (χ0) is 12.9. The van der Waals surface area contributed by atoms with Crippen LogP contribution in [0.25, 0.3) is 0 Å². The van der Waals surface area contributed by atoms with Crippen molar-refractivity contribution >= 4 is 29.6 Å². The van der Waals surface area contributed by atoms with Crippen molar-refractivity contribution in [1.82, 2.24) is 5.32 Å². The third-order valence-electron chi connectivity index (χ3n) is 1.68. The first-order valence-electron chi connectivity index (χ1n) is 4.34. The minimum Gasteiger partial charge on any atom is -0.479 e. The zero-order valence-electron chi connectivity index (χ0n) is 8.76. The van der Waals surface area contributed by atoms with Crippen molar-refractivity contribution in [2.24, 2.45) is 0 Å². The molecule has 0 aliphatic rings. The van der Waals surface area contributed by atoms with Crippen LogP contribution in [0.2, 0.25) is 0 Å². The van der Waals surface area contributed by atoms with Gasteiger partial charge in [0.2, 0.25) is 5.60 Å². The van der Waals surface area contributed by atoms with E-state index in [9.17, 15) is 19.5 Å². The van der Waals surface area contributed by atoms with E-state index in [1.54, 1.807) is 6.92 Å². The van der Waals surface area contributed by atoms with Crippen LogP contribution < -0.4 is 5.32 Å². The number of hydrogen-bond acceptors (Lipinski definition) is 5. The molecule has 0 saturated heterocycles. The van der Waals surface area contributed by atoms with Crippen LogP contribution in [0, 0.1) is 0 Å². The molecule has 0 aromatic carbocycles. The number of hydrogen-bond donors (Lipinski definition) is 4. The Balaban J connectivity index is 4.64. The molecule has 0 spiro atoms.